The van der Waals surface area contributed by atoms with Crippen LogP contribution in [0.5, 0.6) is 0 Å². The molecule has 0 bridgehead atoms. The topological polar surface area (TPSA) is 50.1 Å². The Labute approximate surface area is 53.8 Å². The van der Waals surface area contributed by atoms with E-state index in [2.05, 4.69) is 11.0 Å². The van der Waals surface area contributed by atoms with Gasteiger partial charge in [0.2, 0.25) is 0 Å². The second-order valence-corrected chi connectivity index (χ2v) is 1.64. The summed E-state index contributed by atoms with van der Waals surface area (Å²) in [5, 5.41) is 0. The monoisotopic (exact) mass is 123 g/mol. The highest BCUT2D eigenvalue weighted by Crippen LogP contribution is 2.01. The summed E-state index contributed by atoms with van der Waals surface area (Å²) in [7, 11) is 0. The molecule has 3 heteroatoms. The van der Waals surface area contributed by atoms with Crippen LogP contribution < -0.4 is 16.8 Å². The Balaban J connectivity index is 2.61. The number of benzene rings is 1. The standard InChI is InChI=1S/C6H9N3/c7-9-8-6-4-2-1-3-5-6/h1-5,8-9H,7H2. The van der Waals surface area contributed by atoms with Crippen molar-refractivity contribution in [2.75, 3.05) is 5.43 Å². The van der Waals surface area contributed by atoms with E-state index in [0.29, 0.717) is 0 Å². The van der Waals surface area contributed by atoms with Gasteiger partial charge in [-0.25, -0.2) is 0 Å². The van der Waals surface area contributed by atoms with E-state index in [1.165, 1.54) is 0 Å². The van der Waals surface area contributed by atoms with E-state index < -0.39 is 0 Å². The predicted molar refractivity (Wildman–Crippen MR) is 37.4 cm³/mol. The number of rotatable bonds is 2. The number of hydrazine groups is 2. The Bertz CT molecular complexity index is 161. The molecule has 3 nitrogen and oxygen atoms in total. The van der Waals surface area contributed by atoms with E-state index in [-0.39, 0.29) is 0 Å². The normalized spacial score (nSPS) is 9.00. The summed E-state index contributed by atoms with van der Waals surface area (Å²) in [5.41, 5.74) is 6.03. The molecule has 0 aliphatic carbocycles. The predicted octanol–water partition coefficient (Wildman–Crippen LogP) is 0.477. The fourth-order valence-corrected chi connectivity index (χ4v) is 0.605. The smallest absolute Gasteiger partial charge is 0.0501 e. The number of nitrogens with two attached hydrogens (primary N) is 1. The van der Waals surface area contributed by atoms with Crippen molar-refractivity contribution in [3.63, 3.8) is 0 Å². The summed E-state index contributed by atoms with van der Waals surface area (Å²) in [5.74, 6) is 5.00. The van der Waals surface area contributed by atoms with Gasteiger partial charge in [-0.05, 0) is 12.1 Å². The molecule has 0 fully saturated rings. The van der Waals surface area contributed by atoms with Crippen LogP contribution in [-0.2, 0) is 0 Å². The summed E-state index contributed by atoms with van der Waals surface area (Å²) in [6, 6.07) is 9.64. The van der Waals surface area contributed by atoms with Crippen molar-refractivity contribution in [2.45, 2.75) is 0 Å². The van der Waals surface area contributed by atoms with Crippen LogP contribution in [0, 0.1) is 0 Å². The molecule has 0 heterocycles. The molecule has 1 rings (SSSR count). The largest absolute Gasteiger partial charge is 0.308 e. The molecule has 48 valence electrons. The van der Waals surface area contributed by atoms with Crippen LogP contribution in [0.1, 0.15) is 0 Å². The van der Waals surface area contributed by atoms with Crippen LogP contribution in [0.25, 0.3) is 0 Å². The van der Waals surface area contributed by atoms with Gasteiger partial charge in [-0.3, -0.25) is 5.84 Å². The van der Waals surface area contributed by atoms with Crippen LogP contribution in [0.15, 0.2) is 30.3 Å². The van der Waals surface area contributed by atoms with Crippen LogP contribution >= 0.6 is 0 Å². The van der Waals surface area contributed by atoms with Crippen molar-refractivity contribution >= 4 is 5.69 Å². The van der Waals surface area contributed by atoms with Gasteiger partial charge >= 0.3 is 0 Å². The van der Waals surface area contributed by atoms with Crippen molar-refractivity contribution < 1.29 is 0 Å². The Hall–Kier alpha value is -1.06. The van der Waals surface area contributed by atoms with Gasteiger partial charge in [0.25, 0.3) is 0 Å². The molecule has 0 atom stereocenters. The molecule has 0 saturated carbocycles. The van der Waals surface area contributed by atoms with E-state index in [0.717, 1.165) is 5.69 Å². The fourth-order valence-electron chi connectivity index (χ4n) is 0.605. The zero-order valence-electron chi connectivity index (χ0n) is 4.96. The first-order valence-corrected chi connectivity index (χ1v) is 2.70. The molecular formula is C6H9N3. The van der Waals surface area contributed by atoms with Gasteiger partial charge in [0.15, 0.2) is 0 Å². The molecule has 0 aromatic heterocycles. The number of anilines is 1. The Morgan fingerprint density at radius 1 is 1.11 bits per heavy atom. The molecule has 0 saturated heterocycles. The van der Waals surface area contributed by atoms with Crippen molar-refractivity contribution in [2.24, 2.45) is 5.84 Å². The Kier molecular flexibility index (Phi) is 2.06. The lowest BCUT2D eigenvalue weighted by Crippen LogP contribution is -2.28. The summed E-state index contributed by atoms with van der Waals surface area (Å²) in [4.78, 5) is 0. The summed E-state index contributed by atoms with van der Waals surface area (Å²) in [6.45, 7) is 0. The second kappa shape index (κ2) is 3.06. The molecule has 0 radical (unpaired) electrons. The van der Waals surface area contributed by atoms with E-state index >= 15 is 0 Å². The minimum atomic E-state index is 0.958. The van der Waals surface area contributed by atoms with Gasteiger partial charge in [0.05, 0.1) is 5.69 Å². The van der Waals surface area contributed by atoms with E-state index in [1.807, 2.05) is 30.3 Å². The van der Waals surface area contributed by atoms with Gasteiger partial charge in [-0.2, -0.15) is 5.53 Å². The number of para-hydroxylation sites is 1. The van der Waals surface area contributed by atoms with Gasteiger partial charge in [0.1, 0.15) is 0 Å². The molecule has 4 N–H and O–H groups in total. The first-order valence-electron chi connectivity index (χ1n) is 2.70. The van der Waals surface area contributed by atoms with E-state index in [4.69, 9.17) is 5.84 Å². The highest BCUT2D eigenvalue weighted by Gasteiger charge is 1.81. The SMILES string of the molecule is NNNc1ccccc1. The third-order valence-electron chi connectivity index (χ3n) is 0.990. The summed E-state index contributed by atoms with van der Waals surface area (Å²) < 4.78 is 0. The number of nitrogens with one attached hydrogen (secondary N) is 2. The Morgan fingerprint density at radius 3 is 2.33 bits per heavy atom. The van der Waals surface area contributed by atoms with E-state index in [1.54, 1.807) is 0 Å². The third-order valence-corrected chi connectivity index (χ3v) is 0.990. The lowest BCUT2D eigenvalue weighted by Gasteiger charge is -2.00. The Morgan fingerprint density at radius 2 is 1.78 bits per heavy atom. The average Bonchev–Trinajstić information content (AvgIpc) is 1.91. The zero-order chi connectivity index (χ0) is 6.53. The van der Waals surface area contributed by atoms with E-state index in [9.17, 15) is 0 Å². The summed E-state index contributed by atoms with van der Waals surface area (Å²) in [6.07, 6.45) is 0. The van der Waals surface area contributed by atoms with Gasteiger partial charge in [-0.15, -0.1) is 0 Å². The lowest BCUT2D eigenvalue weighted by molar-refractivity contribution is 0.876. The highest BCUT2D eigenvalue weighted by atomic mass is 15.5. The van der Waals surface area contributed by atoms with Crippen LogP contribution in [0.4, 0.5) is 5.69 Å². The maximum absolute atomic E-state index is 5.00. The van der Waals surface area contributed by atoms with Crippen LogP contribution in [0.2, 0.25) is 0 Å². The van der Waals surface area contributed by atoms with Crippen LogP contribution in [-0.4, -0.2) is 0 Å². The molecule has 0 aliphatic heterocycles. The molecular weight excluding hydrogens is 114 g/mol. The van der Waals surface area contributed by atoms with Crippen molar-refractivity contribution in [1.29, 1.82) is 0 Å². The lowest BCUT2D eigenvalue weighted by atomic mass is 10.3. The molecule has 0 unspecified atom stereocenters. The maximum atomic E-state index is 5.00. The third kappa shape index (κ3) is 1.71. The maximum Gasteiger partial charge on any atom is 0.0501 e. The molecule has 0 amide bonds. The quantitative estimate of drug-likeness (QED) is 0.396. The zero-order valence-corrected chi connectivity index (χ0v) is 4.96. The first-order chi connectivity index (χ1) is 4.43. The highest BCUT2D eigenvalue weighted by molar-refractivity contribution is 5.40. The molecule has 9 heavy (non-hydrogen) atoms. The van der Waals surface area contributed by atoms with Gasteiger partial charge in [0, 0.05) is 0 Å². The molecule has 0 spiro atoms. The minimum Gasteiger partial charge on any atom is -0.308 e. The van der Waals surface area contributed by atoms with Crippen molar-refractivity contribution in [3.05, 3.63) is 30.3 Å². The average molecular weight is 123 g/mol. The van der Waals surface area contributed by atoms with Crippen molar-refractivity contribution in [1.82, 2.24) is 5.53 Å². The summed E-state index contributed by atoms with van der Waals surface area (Å²) >= 11 is 0. The molecule has 1 aromatic rings. The van der Waals surface area contributed by atoms with Gasteiger partial charge < -0.3 is 5.43 Å². The van der Waals surface area contributed by atoms with Crippen molar-refractivity contribution in [3.8, 4) is 0 Å². The first kappa shape index (κ1) is 6.07. The molecule has 1 aromatic carbocycles. The number of hydrogen-bond donors (Lipinski definition) is 3. The number of hydrogen-bond acceptors (Lipinski definition) is 3. The second-order valence-electron chi connectivity index (χ2n) is 1.64. The van der Waals surface area contributed by atoms with Crippen LogP contribution in [0.3, 0.4) is 0 Å². The molecule has 0 aliphatic rings. The van der Waals surface area contributed by atoms with Gasteiger partial charge in [-0.1, -0.05) is 18.2 Å². The fraction of sp³-hybridized carbons (Fsp3) is 0. The minimum absolute atomic E-state index is 0.958.